The SMILES string of the molecule is COC(=O)C1=C(C)N(c2ccc(C(C)C)cc2)C(=O)/C1=C\c1ccc(OCC(=O)Nc2cccc(Cl)c2)cc1. The molecule has 1 heterocycles. The van der Waals surface area contributed by atoms with Gasteiger partial charge in [0.15, 0.2) is 6.61 Å². The van der Waals surface area contributed by atoms with Gasteiger partial charge in [-0.1, -0.05) is 55.8 Å². The molecule has 0 radical (unpaired) electrons. The topological polar surface area (TPSA) is 84.9 Å². The zero-order valence-corrected chi connectivity index (χ0v) is 22.9. The van der Waals surface area contributed by atoms with Crippen molar-refractivity contribution in [3.8, 4) is 5.75 Å². The largest absolute Gasteiger partial charge is 0.484 e. The van der Waals surface area contributed by atoms with E-state index >= 15 is 0 Å². The molecule has 0 aliphatic carbocycles. The first-order valence-electron chi connectivity index (χ1n) is 12.4. The smallest absolute Gasteiger partial charge is 0.340 e. The predicted molar refractivity (Wildman–Crippen MR) is 153 cm³/mol. The first kappa shape index (κ1) is 27.7. The number of nitrogens with one attached hydrogen (secondary N) is 1. The number of hydrogen-bond acceptors (Lipinski definition) is 5. The molecule has 1 aliphatic rings. The van der Waals surface area contributed by atoms with Gasteiger partial charge < -0.3 is 14.8 Å². The minimum Gasteiger partial charge on any atom is -0.484 e. The molecule has 1 N–H and O–H groups in total. The van der Waals surface area contributed by atoms with Crippen LogP contribution in [0.25, 0.3) is 6.08 Å². The van der Waals surface area contributed by atoms with Gasteiger partial charge in [-0.3, -0.25) is 14.5 Å². The molecule has 3 aromatic rings. The van der Waals surface area contributed by atoms with Gasteiger partial charge in [-0.2, -0.15) is 0 Å². The normalized spacial score (nSPS) is 14.3. The fourth-order valence-electron chi connectivity index (χ4n) is 4.24. The molecule has 0 fully saturated rings. The zero-order chi connectivity index (χ0) is 28.1. The van der Waals surface area contributed by atoms with Crippen LogP contribution in [0.4, 0.5) is 11.4 Å². The third-order valence-electron chi connectivity index (χ3n) is 6.28. The number of methoxy groups -OCH3 is 1. The molecular weight excluding hydrogens is 516 g/mol. The highest BCUT2D eigenvalue weighted by molar-refractivity contribution is 6.31. The van der Waals surface area contributed by atoms with Gasteiger partial charge in [0.05, 0.1) is 18.3 Å². The fraction of sp³-hybridized carbons (Fsp3) is 0.194. The van der Waals surface area contributed by atoms with Gasteiger partial charge in [-0.15, -0.1) is 0 Å². The van der Waals surface area contributed by atoms with E-state index in [0.29, 0.717) is 39.3 Å². The van der Waals surface area contributed by atoms with Crippen molar-refractivity contribution in [3.63, 3.8) is 0 Å². The maximum atomic E-state index is 13.5. The number of carbonyl (C=O) groups is 3. The average molecular weight is 545 g/mol. The zero-order valence-electron chi connectivity index (χ0n) is 22.2. The van der Waals surface area contributed by atoms with E-state index in [-0.39, 0.29) is 29.6 Å². The molecule has 0 saturated heterocycles. The Morgan fingerprint density at radius 2 is 1.72 bits per heavy atom. The van der Waals surface area contributed by atoms with E-state index in [4.69, 9.17) is 21.1 Å². The summed E-state index contributed by atoms with van der Waals surface area (Å²) in [6, 6.07) is 21.4. The summed E-state index contributed by atoms with van der Waals surface area (Å²) < 4.78 is 10.6. The van der Waals surface area contributed by atoms with E-state index in [1.807, 2.05) is 24.3 Å². The molecule has 39 heavy (non-hydrogen) atoms. The number of anilines is 2. The van der Waals surface area contributed by atoms with Crippen LogP contribution in [-0.2, 0) is 19.1 Å². The second-order valence-electron chi connectivity index (χ2n) is 9.31. The van der Waals surface area contributed by atoms with Crippen LogP contribution in [0.1, 0.15) is 37.8 Å². The second-order valence-corrected chi connectivity index (χ2v) is 9.75. The molecule has 1 aliphatic heterocycles. The summed E-state index contributed by atoms with van der Waals surface area (Å²) in [6.45, 7) is 5.74. The van der Waals surface area contributed by atoms with E-state index in [9.17, 15) is 14.4 Å². The van der Waals surface area contributed by atoms with Crippen molar-refractivity contribution in [2.24, 2.45) is 0 Å². The maximum Gasteiger partial charge on any atom is 0.340 e. The van der Waals surface area contributed by atoms with E-state index in [0.717, 1.165) is 5.56 Å². The maximum absolute atomic E-state index is 13.5. The Labute approximate surface area is 232 Å². The van der Waals surface area contributed by atoms with Crippen molar-refractivity contribution in [1.29, 1.82) is 0 Å². The molecular formula is C31H29ClN2O5. The van der Waals surface area contributed by atoms with E-state index in [2.05, 4.69) is 19.2 Å². The Morgan fingerprint density at radius 3 is 2.33 bits per heavy atom. The van der Waals surface area contributed by atoms with Crippen LogP contribution in [0.15, 0.2) is 89.6 Å². The van der Waals surface area contributed by atoms with Gasteiger partial charge in [0.25, 0.3) is 11.8 Å². The highest BCUT2D eigenvalue weighted by Crippen LogP contribution is 2.36. The predicted octanol–water partition coefficient (Wildman–Crippen LogP) is 6.36. The van der Waals surface area contributed by atoms with Crippen LogP contribution < -0.4 is 15.0 Å². The highest BCUT2D eigenvalue weighted by atomic mass is 35.5. The molecule has 0 saturated carbocycles. The summed E-state index contributed by atoms with van der Waals surface area (Å²) in [5.74, 6) is -0.398. The van der Waals surface area contributed by atoms with Gasteiger partial charge in [-0.05, 0) is 72.5 Å². The van der Waals surface area contributed by atoms with Crippen LogP contribution >= 0.6 is 11.6 Å². The van der Waals surface area contributed by atoms with Crippen LogP contribution in [-0.4, -0.2) is 31.5 Å². The summed E-state index contributed by atoms with van der Waals surface area (Å²) in [5, 5.41) is 3.24. The van der Waals surface area contributed by atoms with E-state index in [1.54, 1.807) is 61.5 Å². The summed E-state index contributed by atoms with van der Waals surface area (Å²) >= 11 is 5.94. The number of hydrogen-bond donors (Lipinski definition) is 1. The van der Waals surface area contributed by atoms with E-state index < -0.39 is 5.97 Å². The van der Waals surface area contributed by atoms with Gasteiger partial charge >= 0.3 is 5.97 Å². The van der Waals surface area contributed by atoms with Gasteiger partial charge in [0, 0.05) is 22.1 Å². The van der Waals surface area contributed by atoms with Crippen molar-refractivity contribution in [3.05, 3.63) is 106 Å². The molecule has 0 unspecified atom stereocenters. The number of benzene rings is 3. The van der Waals surface area contributed by atoms with Crippen molar-refractivity contribution < 1.29 is 23.9 Å². The Balaban J connectivity index is 1.51. The van der Waals surface area contributed by atoms with Gasteiger partial charge in [0.1, 0.15) is 5.75 Å². The first-order valence-corrected chi connectivity index (χ1v) is 12.8. The summed E-state index contributed by atoms with van der Waals surface area (Å²) in [7, 11) is 1.29. The Morgan fingerprint density at radius 1 is 1.03 bits per heavy atom. The lowest BCUT2D eigenvalue weighted by Crippen LogP contribution is -2.24. The monoisotopic (exact) mass is 544 g/mol. The molecule has 0 bridgehead atoms. The standard InChI is InChI=1S/C31H29ClN2O5/c1-19(2)22-10-12-25(13-11-22)34-20(3)29(31(37)38-4)27(30(34)36)16-21-8-14-26(15-9-21)39-18-28(35)33-24-7-5-6-23(32)17-24/h5-17,19H,18H2,1-4H3,(H,33,35)/b27-16-. The van der Waals surface area contributed by atoms with Crippen molar-refractivity contribution in [1.82, 2.24) is 0 Å². The summed E-state index contributed by atoms with van der Waals surface area (Å²) in [5.41, 5.74) is 4.04. The molecule has 200 valence electrons. The number of halogens is 1. The molecule has 4 rings (SSSR count). The number of amides is 2. The number of rotatable bonds is 8. The van der Waals surface area contributed by atoms with E-state index in [1.165, 1.54) is 12.0 Å². The van der Waals surface area contributed by atoms with Gasteiger partial charge in [0.2, 0.25) is 0 Å². The third kappa shape index (κ3) is 6.38. The molecule has 0 atom stereocenters. The van der Waals surface area contributed by atoms with Crippen LogP contribution in [0.3, 0.4) is 0 Å². The number of ether oxygens (including phenoxy) is 2. The molecule has 3 aromatic carbocycles. The number of esters is 1. The van der Waals surface area contributed by atoms with Crippen molar-refractivity contribution in [2.45, 2.75) is 26.7 Å². The minimum absolute atomic E-state index is 0.190. The van der Waals surface area contributed by atoms with Crippen LogP contribution in [0.2, 0.25) is 5.02 Å². The fourth-order valence-corrected chi connectivity index (χ4v) is 4.43. The lowest BCUT2D eigenvalue weighted by Gasteiger charge is -2.19. The molecule has 8 heteroatoms. The highest BCUT2D eigenvalue weighted by Gasteiger charge is 2.37. The second kappa shape index (κ2) is 12.0. The Kier molecular flexibility index (Phi) is 8.52. The number of nitrogens with zero attached hydrogens (tertiary/aromatic N) is 1. The number of allylic oxidation sites excluding steroid dienone is 1. The third-order valence-corrected chi connectivity index (χ3v) is 6.51. The lowest BCUT2D eigenvalue weighted by atomic mass is 10.0. The summed E-state index contributed by atoms with van der Waals surface area (Å²) in [6.07, 6.45) is 1.65. The van der Waals surface area contributed by atoms with Crippen molar-refractivity contribution in [2.75, 3.05) is 23.9 Å². The van der Waals surface area contributed by atoms with Gasteiger partial charge in [-0.25, -0.2) is 4.79 Å². The molecule has 0 aromatic heterocycles. The first-order chi connectivity index (χ1) is 18.7. The van der Waals surface area contributed by atoms with Crippen LogP contribution in [0, 0.1) is 0 Å². The number of carbonyl (C=O) groups excluding carboxylic acids is 3. The Bertz CT molecular complexity index is 1460. The minimum atomic E-state index is -0.584. The summed E-state index contributed by atoms with van der Waals surface area (Å²) in [4.78, 5) is 39.9. The molecule has 2 amide bonds. The lowest BCUT2D eigenvalue weighted by molar-refractivity contribution is -0.136. The Hall–Kier alpha value is -4.36. The van der Waals surface area contributed by atoms with Crippen molar-refractivity contribution >= 4 is 46.8 Å². The average Bonchev–Trinajstić information content (AvgIpc) is 3.16. The molecule has 0 spiro atoms. The quantitative estimate of drug-likeness (QED) is 0.263. The van der Waals surface area contributed by atoms with Crippen LogP contribution in [0.5, 0.6) is 5.75 Å². The molecule has 7 nitrogen and oxygen atoms in total.